The molecule has 0 unspecified atom stereocenters. The lowest BCUT2D eigenvalue weighted by Crippen LogP contribution is -2.53. The van der Waals surface area contributed by atoms with Crippen molar-refractivity contribution in [3.8, 4) is 0 Å². The normalized spacial score (nSPS) is 18.3. The van der Waals surface area contributed by atoms with Crippen LogP contribution in [0.25, 0.3) is 0 Å². The SMILES string of the molecule is COC(=O)[C@H](CNC(=O)C[C@@H]1C(=O)Nc2ccccc2N1S(=O)(=O)c1cc(C)c(Cl)cc1C)C1=CCN(C)CC1. The molecule has 2 aromatic rings. The zero-order valence-corrected chi connectivity index (χ0v) is 24.4. The summed E-state index contributed by atoms with van der Waals surface area (Å²) in [7, 11) is -1.03. The maximum atomic E-state index is 14.1. The van der Waals surface area contributed by atoms with E-state index in [1.807, 2.05) is 13.1 Å². The minimum Gasteiger partial charge on any atom is -0.469 e. The van der Waals surface area contributed by atoms with Crippen LogP contribution < -0.4 is 14.9 Å². The fourth-order valence-electron chi connectivity index (χ4n) is 4.95. The summed E-state index contributed by atoms with van der Waals surface area (Å²) in [5.41, 5.74) is 2.40. The number of likely N-dealkylation sites (N-methyl/N-ethyl adjacent to an activating group) is 1. The van der Waals surface area contributed by atoms with Gasteiger partial charge >= 0.3 is 5.97 Å². The van der Waals surface area contributed by atoms with Gasteiger partial charge in [0.2, 0.25) is 11.8 Å². The number of carbonyl (C=O) groups excluding carboxylic acids is 3. The molecule has 10 nitrogen and oxygen atoms in total. The summed E-state index contributed by atoms with van der Waals surface area (Å²) < 4.78 is 34.2. The highest BCUT2D eigenvalue weighted by molar-refractivity contribution is 7.93. The fourth-order valence-corrected chi connectivity index (χ4v) is 7.09. The molecular weight excluding hydrogens is 556 g/mol. The number of rotatable bonds is 8. The number of hydrogen-bond donors (Lipinski definition) is 2. The number of para-hydroxylation sites is 2. The molecule has 2 atom stereocenters. The van der Waals surface area contributed by atoms with Crippen molar-refractivity contribution in [2.75, 3.05) is 43.4 Å². The first kappa shape index (κ1) is 29.6. The minimum absolute atomic E-state index is 0.00994. The van der Waals surface area contributed by atoms with Crippen LogP contribution in [0.15, 0.2) is 52.9 Å². The molecule has 2 amide bonds. The molecule has 2 aliphatic heterocycles. The number of amides is 2. The Hall–Kier alpha value is -3.41. The highest BCUT2D eigenvalue weighted by Gasteiger charge is 2.42. The van der Waals surface area contributed by atoms with E-state index >= 15 is 0 Å². The van der Waals surface area contributed by atoms with E-state index in [9.17, 15) is 22.8 Å². The van der Waals surface area contributed by atoms with Crippen molar-refractivity contribution in [3.05, 3.63) is 64.2 Å². The summed E-state index contributed by atoms with van der Waals surface area (Å²) in [6.07, 6.45) is 2.15. The number of fused-ring (bicyclic) bond motifs is 1. The number of aryl methyl sites for hydroxylation is 2. The van der Waals surface area contributed by atoms with E-state index in [1.54, 1.807) is 44.2 Å². The van der Waals surface area contributed by atoms with Crippen LogP contribution in [-0.2, 0) is 29.1 Å². The van der Waals surface area contributed by atoms with Gasteiger partial charge in [-0.15, -0.1) is 0 Å². The first-order valence-electron chi connectivity index (χ1n) is 12.9. The van der Waals surface area contributed by atoms with Gasteiger partial charge in [-0.25, -0.2) is 8.42 Å². The van der Waals surface area contributed by atoms with E-state index in [0.717, 1.165) is 16.4 Å². The van der Waals surface area contributed by atoms with Gasteiger partial charge in [0.15, 0.2) is 0 Å². The Balaban J connectivity index is 1.63. The van der Waals surface area contributed by atoms with Gasteiger partial charge in [0.1, 0.15) is 6.04 Å². The highest BCUT2D eigenvalue weighted by atomic mass is 35.5. The maximum Gasteiger partial charge on any atom is 0.314 e. The largest absolute Gasteiger partial charge is 0.469 e. The predicted octanol–water partition coefficient (Wildman–Crippen LogP) is 3.03. The number of hydrogen-bond acceptors (Lipinski definition) is 7. The summed E-state index contributed by atoms with van der Waals surface area (Å²) in [6.45, 7) is 4.73. The van der Waals surface area contributed by atoms with Crippen molar-refractivity contribution in [2.45, 2.75) is 37.6 Å². The number of methoxy groups -OCH3 is 1. The Kier molecular flexibility index (Phi) is 8.86. The van der Waals surface area contributed by atoms with Crippen molar-refractivity contribution in [3.63, 3.8) is 0 Å². The van der Waals surface area contributed by atoms with E-state index in [4.69, 9.17) is 16.3 Å². The van der Waals surface area contributed by atoms with Gasteiger partial charge in [-0.1, -0.05) is 35.4 Å². The van der Waals surface area contributed by atoms with Gasteiger partial charge < -0.3 is 20.3 Å². The maximum absolute atomic E-state index is 14.1. The summed E-state index contributed by atoms with van der Waals surface area (Å²) in [6, 6.07) is 8.18. The molecule has 2 heterocycles. The summed E-state index contributed by atoms with van der Waals surface area (Å²) in [5.74, 6) is -2.37. The van der Waals surface area contributed by atoms with Crippen molar-refractivity contribution >= 4 is 50.8 Å². The number of nitrogens with zero attached hydrogens (tertiary/aromatic N) is 2. The van der Waals surface area contributed by atoms with E-state index < -0.39 is 46.2 Å². The van der Waals surface area contributed by atoms with Crippen molar-refractivity contribution < 1.29 is 27.5 Å². The van der Waals surface area contributed by atoms with Crippen LogP contribution in [0.1, 0.15) is 24.0 Å². The number of carbonyl (C=O) groups is 3. The number of nitrogens with one attached hydrogen (secondary N) is 2. The van der Waals surface area contributed by atoms with Crippen LogP contribution in [0, 0.1) is 19.8 Å². The first-order chi connectivity index (χ1) is 18.9. The molecule has 2 aliphatic rings. The van der Waals surface area contributed by atoms with Gasteiger partial charge in [-0.05, 0) is 62.7 Å². The number of anilines is 2. The van der Waals surface area contributed by atoms with Crippen LogP contribution in [0.3, 0.4) is 0 Å². The lowest BCUT2D eigenvalue weighted by molar-refractivity contribution is -0.144. The molecule has 0 radical (unpaired) electrons. The molecule has 2 aromatic carbocycles. The molecule has 0 fully saturated rings. The van der Waals surface area contributed by atoms with E-state index in [-0.39, 0.29) is 17.1 Å². The molecule has 214 valence electrons. The molecule has 0 bridgehead atoms. The van der Waals surface area contributed by atoms with Crippen molar-refractivity contribution in [1.82, 2.24) is 10.2 Å². The van der Waals surface area contributed by atoms with Crippen LogP contribution in [0.2, 0.25) is 5.02 Å². The Labute approximate surface area is 239 Å². The molecule has 0 aromatic heterocycles. The van der Waals surface area contributed by atoms with Gasteiger partial charge in [0, 0.05) is 24.7 Å². The first-order valence-corrected chi connectivity index (χ1v) is 14.7. The second kappa shape index (κ2) is 12.0. The second-order valence-electron chi connectivity index (χ2n) is 10.1. The van der Waals surface area contributed by atoms with Crippen LogP contribution in [0.4, 0.5) is 11.4 Å². The molecule has 12 heteroatoms. The summed E-state index contributed by atoms with van der Waals surface area (Å²) in [5, 5.41) is 5.86. The predicted molar refractivity (Wildman–Crippen MR) is 153 cm³/mol. The molecule has 2 N–H and O–H groups in total. The lowest BCUT2D eigenvalue weighted by atomic mass is 9.93. The third kappa shape index (κ3) is 6.01. The van der Waals surface area contributed by atoms with Crippen LogP contribution >= 0.6 is 11.6 Å². The topological polar surface area (TPSA) is 125 Å². The third-order valence-electron chi connectivity index (χ3n) is 7.24. The summed E-state index contributed by atoms with van der Waals surface area (Å²) >= 11 is 6.22. The van der Waals surface area contributed by atoms with Gasteiger partial charge in [-0.2, -0.15) is 0 Å². The standard InChI is InChI=1S/C28H33ClN4O6S/c1-17-14-25(18(2)13-21(17)29)40(37,38)33-23-8-6-5-7-22(23)31-27(35)24(33)15-26(34)30-16-20(28(36)39-4)19-9-11-32(3)12-10-19/h5-9,13-14,20,24H,10-12,15-16H2,1-4H3,(H,30,34)(H,31,35)/t20-,24-/m1/s1. The van der Waals surface area contributed by atoms with E-state index in [1.165, 1.54) is 13.2 Å². The average Bonchev–Trinajstić information content (AvgIpc) is 2.91. The molecule has 0 saturated heterocycles. The molecular formula is C28H33ClN4O6S. The monoisotopic (exact) mass is 588 g/mol. The number of esters is 1. The molecule has 0 spiro atoms. The summed E-state index contributed by atoms with van der Waals surface area (Å²) in [4.78, 5) is 41.1. The Morgan fingerprint density at radius 2 is 1.93 bits per heavy atom. The third-order valence-corrected chi connectivity index (χ3v) is 9.61. The van der Waals surface area contributed by atoms with Crippen molar-refractivity contribution in [2.24, 2.45) is 5.92 Å². The average molecular weight is 589 g/mol. The number of sulfonamides is 1. The second-order valence-corrected chi connectivity index (χ2v) is 12.3. The highest BCUT2D eigenvalue weighted by Crippen LogP contribution is 2.38. The van der Waals surface area contributed by atoms with E-state index in [2.05, 4.69) is 15.5 Å². The quantitative estimate of drug-likeness (QED) is 0.359. The molecule has 0 saturated carbocycles. The van der Waals surface area contributed by atoms with Crippen LogP contribution in [0.5, 0.6) is 0 Å². The molecule has 0 aliphatic carbocycles. The fraction of sp³-hybridized carbons (Fsp3) is 0.393. The van der Waals surface area contributed by atoms with Gasteiger partial charge in [0.25, 0.3) is 10.0 Å². The smallest absolute Gasteiger partial charge is 0.314 e. The van der Waals surface area contributed by atoms with E-state index in [0.29, 0.717) is 34.8 Å². The van der Waals surface area contributed by atoms with Gasteiger partial charge in [0.05, 0.1) is 35.7 Å². The molecule has 40 heavy (non-hydrogen) atoms. The Bertz CT molecular complexity index is 1480. The minimum atomic E-state index is -4.30. The Morgan fingerprint density at radius 3 is 2.60 bits per heavy atom. The zero-order chi connectivity index (χ0) is 29.2. The van der Waals surface area contributed by atoms with Crippen LogP contribution in [-0.4, -0.2) is 70.9 Å². The van der Waals surface area contributed by atoms with Crippen molar-refractivity contribution in [1.29, 1.82) is 0 Å². The molecule has 4 rings (SSSR count). The zero-order valence-electron chi connectivity index (χ0n) is 22.9. The van der Waals surface area contributed by atoms with Gasteiger partial charge in [-0.3, -0.25) is 18.7 Å². The number of benzene rings is 2. The lowest BCUT2D eigenvalue weighted by Gasteiger charge is -2.37. The number of halogens is 1. The number of ether oxygens (including phenoxy) is 1. The Morgan fingerprint density at radius 1 is 1.20 bits per heavy atom.